The summed E-state index contributed by atoms with van der Waals surface area (Å²) >= 11 is 0. The minimum atomic E-state index is -0.833. The Balaban J connectivity index is 1.32. The maximum absolute atomic E-state index is 14.1. The molecule has 2 aliphatic heterocycles. The Kier molecular flexibility index (Phi) is 7.64. The molecule has 2 aliphatic rings. The molecule has 0 spiro atoms. The molecule has 220 valence electrons. The van der Waals surface area contributed by atoms with Crippen molar-refractivity contribution >= 4 is 11.8 Å². The first-order chi connectivity index (χ1) is 20.8. The molecule has 3 heterocycles. The molecule has 9 nitrogen and oxygen atoms in total. The highest BCUT2D eigenvalue weighted by atomic mass is 19.1. The number of aromatic nitrogens is 1. The van der Waals surface area contributed by atoms with E-state index >= 15 is 0 Å². The van der Waals surface area contributed by atoms with E-state index in [4.69, 9.17) is 9.47 Å². The monoisotopic (exact) mass is 587 g/mol. The predicted octanol–water partition coefficient (Wildman–Crippen LogP) is 3.76. The number of amides is 2. The van der Waals surface area contributed by atoms with Crippen molar-refractivity contribution in [1.82, 2.24) is 14.8 Å². The summed E-state index contributed by atoms with van der Waals surface area (Å²) in [5, 5.41) is 12.1. The number of rotatable bonds is 8. The summed E-state index contributed by atoms with van der Waals surface area (Å²) in [6.07, 6.45) is 1.11. The zero-order valence-electron chi connectivity index (χ0n) is 22.8. The van der Waals surface area contributed by atoms with E-state index in [2.05, 4.69) is 5.32 Å². The molecule has 11 heteroatoms. The fraction of sp³-hybridized carbons (Fsp3) is 0.219. The lowest BCUT2D eigenvalue weighted by molar-refractivity contribution is 0.00554. The number of aromatic hydroxyl groups is 1. The molecule has 0 radical (unpaired) electrons. The SMILES string of the molecule is O=C(NCc1ccc(F)cc1F)c1cn2c(c(OCc3ccccc3)c1=O)C(=O)N1C(Cc3ccc(O)cc3)CO[C@@H]1C2. The van der Waals surface area contributed by atoms with E-state index in [0.717, 1.165) is 17.2 Å². The van der Waals surface area contributed by atoms with Gasteiger partial charge < -0.3 is 29.4 Å². The van der Waals surface area contributed by atoms with E-state index in [9.17, 15) is 28.3 Å². The maximum atomic E-state index is 14.1. The first kappa shape index (κ1) is 28.1. The van der Waals surface area contributed by atoms with Crippen LogP contribution in [0.15, 0.2) is 83.8 Å². The number of nitrogens with one attached hydrogen (secondary N) is 1. The number of hydrogen-bond acceptors (Lipinski definition) is 6. The number of hydrogen-bond donors (Lipinski definition) is 2. The minimum absolute atomic E-state index is 0.000448. The van der Waals surface area contributed by atoms with E-state index in [1.807, 2.05) is 18.2 Å². The molecular weight excluding hydrogens is 560 g/mol. The number of nitrogens with zero attached hydrogens (tertiary/aromatic N) is 2. The van der Waals surface area contributed by atoms with Gasteiger partial charge in [0.25, 0.3) is 11.8 Å². The van der Waals surface area contributed by atoms with E-state index in [-0.39, 0.29) is 60.7 Å². The van der Waals surface area contributed by atoms with Gasteiger partial charge in [0.2, 0.25) is 5.43 Å². The molecule has 1 fully saturated rings. The van der Waals surface area contributed by atoms with Crippen molar-refractivity contribution in [3.05, 3.63) is 129 Å². The van der Waals surface area contributed by atoms with Crippen LogP contribution < -0.4 is 15.5 Å². The number of ether oxygens (including phenoxy) is 2. The number of carbonyl (C=O) groups is 2. The molecule has 3 aromatic carbocycles. The summed E-state index contributed by atoms with van der Waals surface area (Å²) in [5.41, 5.74) is 0.597. The van der Waals surface area contributed by atoms with E-state index in [1.54, 1.807) is 41.3 Å². The van der Waals surface area contributed by atoms with Crippen LogP contribution in [0.5, 0.6) is 11.5 Å². The number of halogens is 2. The van der Waals surface area contributed by atoms with Gasteiger partial charge in [-0.25, -0.2) is 8.78 Å². The van der Waals surface area contributed by atoms with Crippen LogP contribution in [0, 0.1) is 11.6 Å². The Morgan fingerprint density at radius 1 is 1.02 bits per heavy atom. The highest BCUT2D eigenvalue weighted by molar-refractivity contribution is 5.99. The van der Waals surface area contributed by atoms with Crippen LogP contribution in [0.4, 0.5) is 8.78 Å². The van der Waals surface area contributed by atoms with Gasteiger partial charge >= 0.3 is 0 Å². The number of phenolic OH excluding ortho intramolecular Hbond substituents is 1. The van der Waals surface area contributed by atoms with Gasteiger partial charge in [0.05, 0.1) is 19.2 Å². The van der Waals surface area contributed by atoms with Crippen LogP contribution in [-0.4, -0.2) is 45.3 Å². The van der Waals surface area contributed by atoms with Gasteiger partial charge in [-0.05, 0) is 35.7 Å². The zero-order valence-corrected chi connectivity index (χ0v) is 22.8. The molecule has 6 rings (SSSR count). The Morgan fingerprint density at radius 3 is 2.53 bits per heavy atom. The van der Waals surface area contributed by atoms with Gasteiger partial charge in [0.15, 0.2) is 17.7 Å². The smallest absolute Gasteiger partial charge is 0.276 e. The number of benzene rings is 3. The zero-order chi connectivity index (χ0) is 30.1. The van der Waals surface area contributed by atoms with Crippen LogP contribution >= 0.6 is 0 Å². The third kappa shape index (κ3) is 5.71. The van der Waals surface area contributed by atoms with Crippen molar-refractivity contribution in [3.8, 4) is 11.5 Å². The average Bonchev–Trinajstić information content (AvgIpc) is 3.40. The van der Waals surface area contributed by atoms with Crippen LogP contribution in [-0.2, 0) is 30.9 Å². The highest BCUT2D eigenvalue weighted by Gasteiger charge is 2.45. The van der Waals surface area contributed by atoms with Gasteiger partial charge in [-0.1, -0.05) is 48.5 Å². The molecule has 0 saturated carbocycles. The van der Waals surface area contributed by atoms with Crippen molar-refractivity contribution in [3.63, 3.8) is 0 Å². The molecule has 1 saturated heterocycles. The fourth-order valence-corrected chi connectivity index (χ4v) is 5.37. The Morgan fingerprint density at radius 2 is 1.79 bits per heavy atom. The van der Waals surface area contributed by atoms with E-state index in [1.165, 1.54) is 16.8 Å². The first-order valence-electron chi connectivity index (χ1n) is 13.7. The average molecular weight is 588 g/mol. The van der Waals surface area contributed by atoms with Crippen LogP contribution in [0.2, 0.25) is 0 Å². The van der Waals surface area contributed by atoms with Crippen molar-refractivity contribution in [1.29, 1.82) is 0 Å². The van der Waals surface area contributed by atoms with Gasteiger partial charge in [-0.2, -0.15) is 0 Å². The molecule has 1 unspecified atom stereocenters. The third-order valence-corrected chi connectivity index (χ3v) is 7.55. The lowest BCUT2D eigenvalue weighted by Crippen LogP contribution is -2.50. The Labute approximate surface area is 244 Å². The van der Waals surface area contributed by atoms with Crippen molar-refractivity contribution < 1.29 is 33.0 Å². The van der Waals surface area contributed by atoms with Crippen molar-refractivity contribution in [2.24, 2.45) is 0 Å². The second-order valence-corrected chi connectivity index (χ2v) is 10.4. The number of carbonyl (C=O) groups excluding carboxylic acids is 2. The lowest BCUT2D eigenvalue weighted by atomic mass is 10.0. The molecule has 1 aromatic heterocycles. The van der Waals surface area contributed by atoms with Crippen LogP contribution in [0.3, 0.4) is 0 Å². The predicted molar refractivity (Wildman–Crippen MR) is 151 cm³/mol. The summed E-state index contributed by atoms with van der Waals surface area (Å²) in [5.74, 6) is -3.00. The molecule has 2 N–H and O–H groups in total. The Bertz CT molecular complexity index is 1740. The Hall–Kier alpha value is -5.03. The molecule has 2 atom stereocenters. The summed E-state index contributed by atoms with van der Waals surface area (Å²) in [6.45, 7) is 0.0810. The second kappa shape index (κ2) is 11.7. The van der Waals surface area contributed by atoms with Crippen molar-refractivity contribution in [2.45, 2.75) is 38.4 Å². The molecule has 43 heavy (non-hydrogen) atoms. The minimum Gasteiger partial charge on any atom is -0.508 e. The molecule has 4 aromatic rings. The van der Waals surface area contributed by atoms with Crippen LogP contribution in [0.25, 0.3) is 0 Å². The number of phenols is 1. The first-order valence-corrected chi connectivity index (χ1v) is 13.7. The number of fused-ring (bicyclic) bond motifs is 2. The lowest BCUT2D eigenvalue weighted by Gasteiger charge is -2.35. The second-order valence-electron chi connectivity index (χ2n) is 10.4. The van der Waals surface area contributed by atoms with Gasteiger partial charge in [0, 0.05) is 24.4 Å². The van der Waals surface area contributed by atoms with Gasteiger partial charge in [-0.15, -0.1) is 0 Å². The summed E-state index contributed by atoms with van der Waals surface area (Å²) in [4.78, 5) is 42.5. The maximum Gasteiger partial charge on any atom is 0.276 e. The van der Waals surface area contributed by atoms with Crippen LogP contribution in [0.1, 0.15) is 37.5 Å². The molecule has 2 amide bonds. The summed E-state index contributed by atoms with van der Waals surface area (Å²) < 4.78 is 40.9. The van der Waals surface area contributed by atoms with E-state index in [0.29, 0.717) is 12.5 Å². The quantitative estimate of drug-likeness (QED) is 0.325. The van der Waals surface area contributed by atoms with Gasteiger partial charge in [-0.3, -0.25) is 14.4 Å². The molecule has 0 aliphatic carbocycles. The number of pyridine rings is 1. The third-order valence-electron chi connectivity index (χ3n) is 7.55. The molecular formula is C32H27F2N3O6. The standard InChI is InChI=1S/C32H27F2N3O6/c33-22-9-8-21(26(34)13-22)14-35-31(40)25-15-36-16-27-37(23(18-42-27)12-19-6-10-24(38)11-7-19)32(41)28(36)30(29(25)39)43-17-20-4-2-1-3-5-20/h1-11,13,15,23,27,38H,12,14,16-18H2,(H,35,40)/t23?,27-/m1/s1. The largest absolute Gasteiger partial charge is 0.508 e. The fourth-order valence-electron chi connectivity index (χ4n) is 5.37. The summed E-state index contributed by atoms with van der Waals surface area (Å²) in [6, 6.07) is 18.4. The molecule has 0 bridgehead atoms. The van der Waals surface area contributed by atoms with Crippen molar-refractivity contribution in [2.75, 3.05) is 6.61 Å². The van der Waals surface area contributed by atoms with Gasteiger partial charge in [0.1, 0.15) is 29.6 Å². The normalized spacial score (nSPS) is 17.3. The van der Waals surface area contributed by atoms with E-state index < -0.39 is 35.1 Å². The topological polar surface area (TPSA) is 110 Å². The summed E-state index contributed by atoms with van der Waals surface area (Å²) in [7, 11) is 0. The highest BCUT2D eigenvalue weighted by Crippen LogP contribution is 2.32.